The van der Waals surface area contributed by atoms with Crippen molar-refractivity contribution in [1.29, 1.82) is 0 Å². The van der Waals surface area contributed by atoms with Crippen molar-refractivity contribution in [3.63, 3.8) is 0 Å². The van der Waals surface area contributed by atoms with E-state index in [1.165, 1.54) is 18.9 Å². The van der Waals surface area contributed by atoms with Crippen LogP contribution >= 0.6 is 0 Å². The van der Waals surface area contributed by atoms with Crippen LogP contribution < -0.4 is 5.43 Å². The second kappa shape index (κ2) is 4.14. The lowest BCUT2D eigenvalue weighted by Crippen LogP contribution is -2.28. The zero-order chi connectivity index (χ0) is 8.10. The highest BCUT2D eigenvalue weighted by molar-refractivity contribution is 5.32. The molecule has 0 bridgehead atoms. The largest absolute Gasteiger partial charge is 0.296 e. The van der Waals surface area contributed by atoms with Gasteiger partial charge >= 0.3 is 0 Å². The molecule has 0 spiro atoms. The minimum Gasteiger partial charge on any atom is -0.296 e. The number of carbonyl (C=O) groups excluding carboxylic acids is 1. The zero-order valence-corrected chi connectivity index (χ0v) is 6.84. The second-order valence-corrected chi connectivity index (χ2v) is 3.29. The molecular formula is C8H14N2O. The maximum absolute atomic E-state index is 9.76. The molecule has 0 atom stereocenters. The molecule has 3 nitrogen and oxygen atoms in total. The normalized spacial score (nSPS) is 30.6. The Hall–Kier alpha value is -0.820. The summed E-state index contributed by atoms with van der Waals surface area (Å²) in [4.78, 5) is 9.76. The van der Waals surface area contributed by atoms with Crippen LogP contribution in [0.3, 0.4) is 0 Å². The monoisotopic (exact) mass is 154 g/mol. The number of rotatable bonds is 2. The molecule has 1 fully saturated rings. The van der Waals surface area contributed by atoms with E-state index in [0.717, 1.165) is 18.8 Å². The number of hydrazone groups is 1. The second-order valence-electron chi connectivity index (χ2n) is 3.29. The summed E-state index contributed by atoms with van der Waals surface area (Å²) in [6, 6.07) is 0.410. The Balaban J connectivity index is 2.22. The Bertz CT molecular complexity index is 155. The Morgan fingerprint density at radius 1 is 1.36 bits per heavy atom. The summed E-state index contributed by atoms with van der Waals surface area (Å²) in [5, 5.41) is 3.36. The minimum absolute atomic E-state index is 0.410. The smallest absolute Gasteiger partial charge is 0.258 e. The Morgan fingerprint density at radius 3 is 2.55 bits per heavy atom. The number of isocyanates is 1. The van der Waals surface area contributed by atoms with Crippen LogP contribution in [-0.2, 0) is 4.79 Å². The topological polar surface area (TPSA) is 41.5 Å². The van der Waals surface area contributed by atoms with E-state index in [2.05, 4.69) is 17.5 Å². The van der Waals surface area contributed by atoms with Gasteiger partial charge in [0.1, 0.15) is 0 Å². The third-order valence-electron chi connectivity index (χ3n) is 2.31. The van der Waals surface area contributed by atoms with Gasteiger partial charge in [-0.2, -0.15) is 0 Å². The predicted octanol–water partition coefficient (Wildman–Crippen LogP) is 1.41. The first kappa shape index (κ1) is 8.28. The molecule has 0 aromatic carbocycles. The molecule has 1 N–H and O–H groups in total. The summed E-state index contributed by atoms with van der Waals surface area (Å²) < 4.78 is 0. The van der Waals surface area contributed by atoms with Crippen molar-refractivity contribution in [1.82, 2.24) is 5.43 Å². The van der Waals surface area contributed by atoms with Crippen LogP contribution in [0.1, 0.15) is 32.6 Å². The average Bonchev–Trinajstić information content (AvgIpc) is 2.04. The van der Waals surface area contributed by atoms with Crippen molar-refractivity contribution < 1.29 is 4.79 Å². The van der Waals surface area contributed by atoms with Gasteiger partial charge in [0.2, 0.25) is 0 Å². The highest BCUT2D eigenvalue weighted by Gasteiger charge is 2.16. The summed E-state index contributed by atoms with van der Waals surface area (Å²) in [6.07, 6.45) is 6.24. The van der Waals surface area contributed by atoms with E-state index in [0.29, 0.717) is 6.04 Å². The molecule has 1 aliphatic rings. The Morgan fingerprint density at radius 2 is 2.00 bits per heavy atom. The molecule has 1 saturated carbocycles. The predicted molar refractivity (Wildman–Crippen MR) is 42.7 cm³/mol. The van der Waals surface area contributed by atoms with Gasteiger partial charge in [0.15, 0.2) is 0 Å². The SMILES string of the molecule is CC1CCC(NN=C=O)CC1. The summed E-state index contributed by atoms with van der Waals surface area (Å²) in [5.74, 6) is 0.841. The van der Waals surface area contributed by atoms with Crippen molar-refractivity contribution in [3.8, 4) is 0 Å². The minimum atomic E-state index is 0.410. The quantitative estimate of drug-likeness (QED) is 0.371. The van der Waals surface area contributed by atoms with Gasteiger partial charge in [0.05, 0.1) is 0 Å². The summed E-state index contributed by atoms with van der Waals surface area (Å²) in [6.45, 7) is 2.26. The van der Waals surface area contributed by atoms with Crippen LogP contribution in [0.4, 0.5) is 0 Å². The standard InChI is InChI=1S/C8H14N2O/c1-7-2-4-8(5-3-7)10-9-6-11/h7-8,10H,2-5H2,1H3. The molecule has 1 aliphatic carbocycles. The molecule has 0 aliphatic heterocycles. The van der Waals surface area contributed by atoms with E-state index in [1.54, 1.807) is 0 Å². The maximum Gasteiger partial charge on any atom is 0.258 e. The Kier molecular flexibility index (Phi) is 3.12. The highest BCUT2D eigenvalue weighted by atomic mass is 16.1. The summed E-state index contributed by atoms with van der Waals surface area (Å²) >= 11 is 0. The fourth-order valence-corrected chi connectivity index (χ4v) is 1.51. The van der Waals surface area contributed by atoms with Gasteiger partial charge < -0.3 is 0 Å². The fourth-order valence-electron chi connectivity index (χ4n) is 1.51. The third-order valence-corrected chi connectivity index (χ3v) is 2.31. The molecule has 0 heterocycles. The molecule has 0 unspecified atom stereocenters. The van der Waals surface area contributed by atoms with E-state index in [4.69, 9.17) is 0 Å². The van der Waals surface area contributed by atoms with Crippen LogP contribution in [0.15, 0.2) is 5.10 Å². The number of nitrogens with one attached hydrogen (secondary N) is 1. The lowest BCUT2D eigenvalue weighted by atomic mass is 9.88. The maximum atomic E-state index is 9.76. The van der Waals surface area contributed by atoms with Crippen molar-refractivity contribution in [2.75, 3.05) is 0 Å². The van der Waals surface area contributed by atoms with E-state index in [-0.39, 0.29) is 0 Å². The molecule has 0 amide bonds. The van der Waals surface area contributed by atoms with Gasteiger partial charge in [-0.3, -0.25) is 5.43 Å². The van der Waals surface area contributed by atoms with E-state index in [1.807, 2.05) is 0 Å². The van der Waals surface area contributed by atoms with Gasteiger partial charge in [-0.1, -0.05) is 12.0 Å². The molecule has 0 aromatic heterocycles. The molecule has 11 heavy (non-hydrogen) atoms. The number of hydrogen-bond acceptors (Lipinski definition) is 3. The first-order valence-corrected chi connectivity index (χ1v) is 4.15. The molecule has 1 rings (SSSR count). The fraction of sp³-hybridized carbons (Fsp3) is 0.875. The van der Waals surface area contributed by atoms with Crippen molar-refractivity contribution in [3.05, 3.63) is 0 Å². The van der Waals surface area contributed by atoms with Gasteiger partial charge in [0.25, 0.3) is 6.08 Å². The number of hydrogen-bond donors (Lipinski definition) is 1. The highest BCUT2D eigenvalue weighted by Crippen LogP contribution is 2.23. The number of nitrogens with zero attached hydrogens (tertiary/aromatic N) is 1. The molecule has 62 valence electrons. The van der Waals surface area contributed by atoms with Crippen molar-refractivity contribution in [2.24, 2.45) is 11.0 Å². The van der Waals surface area contributed by atoms with Crippen LogP contribution in [0.5, 0.6) is 0 Å². The van der Waals surface area contributed by atoms with E-state index < -0.39 is 0 Å². The summed E-state index contributed by atoms with van der Waals surface area (Å²) in [7, 11) is 0. The average molecular weight is 154 g/mol. The van der Waals surface area contributed by atoms with E-state index >= 15 is 0 Å². The van der Waals surface area contributed by atoms with Crippen molar-refractivity contribution in [2.45, 2.75) is 38.6 Å². The van der Waals surface area contributed by atoms with Crippen molar-refractivity contribution >= 4 is 6.08 Å². The lowest BCUT2D eigenvalue weighted by Gasteiger charge is -2.24. The Labute approximate surface area is 66.9 Å². The van der Waals surface area contributed by atoms with Crippen LogP contribution in [0.25, 0.3) is 0 Å². The summed E-state index contributed by atoms with van der Waals surface area (Å²) in [5.41, 5.74) is 2.79. The third kappa shape index (κ3) is 2.72. The lowest BCUT2D eigenvalue weighted by molar-refractivity contribution is 0.311. The van der Waals surface area contributed by atoms with Gasteiger partial charge in [0, 0.05) is 6.04 Å². The first-order chi connectivity index (χ1) is 5.33. The van der Waals surface area contributed by atoms with Crippen LogP contribution in [-0.4, -0.2) is 12.1 Å². The zero-order valence-electron chi connectivity index (χ0n) is 6.84. The molecule has 0 aromatic rings. The molecule has 3 heteroatoms. The van der Waals surface area contributed by atoms with Crippen LogP contribution in [0, 0.1) is 5.92 Å². The van der Waals surface area contributed by atoms with Crippen LogP contribution in [0.2, 0.25) is 0 Å². The molecule has 0 radical (unpaired) electrons. The van der Waals surface area contributed by atoms with Gasteiger partial charge in [-0.15, -0.1) is 0 Å². The van der Waals surface area contributed by atoms with Gasteiger partial charge in [-0.25, -0.2) is 4.79 Å². The van der Waals surface area contributed by atoms with Gasteiger partial charge in [-0.05, 0) is 31.6 Å². The molecular weight excluding hydrogens is 140 g/mol. The first-order valence-electron chi connectivity index (χ1n) is 4.15. The molecule has 0 saturated heterocycles. The van der Waals surface area contributed by atoms with E-state index in [9.17, 15) is 4.79 Å².